The van der Waals surface area contributed by atoms with Crippen LogP contribution < -0.4 is 4.74 Å². The maximum atomic E-state index is 12.8. The number of methoxy groups -OCH3 is 1. The van der Waals surface area contributed by atoms with Gasteiger partial charge in [-0.15, -0.1) is 0 Å². The number of furan rings is 1. The summed E-state index contributed by atoms with van der Waals surface area (Å²) < 4.78 is 11.6. The van der Waals surface area contributed by atoms with Gasteiger partial charge in [0, 0.05) is 41.7 Å². The van der Waals surface area contributed by atoms with Crippen molar-refractivity contribution in [2.75, 3.05) is 20.2 Å². The normalized spacial score (nSPS) is 14.4. The Bertz CT molecular complexity index is 1330. The van der Waals surface area contributed by atoms with Crippen LogP contribution in [-0.2, 0) is 4.79 Å². The molecule has 4 heteroatoms. The van der Waals surface area contributed by atoms with E-state index in [2.05, 4.69) is 42.5 Å². The minimum atomic E-state index is 0.0725. The van der Waals surface area contributed by atoms with Gasteiger partial charge in [-0.1, -0.05) is 54.6 Å². The smallest absolute Gasteiger partial charge is 0.246 e. The highest BCUT2D eigenvalue weighted by atomic mass is 16.5. The minimum Gasteiger partial charge on any atom is -0.496 e. The van der Waals surface area contributed by atoms with Gasteiger partial charge >= 0.3 is 0 Å². The van der Waals surface area contributed by atoms with Crippen molar-refractivity contribution in [1.29, 1.82) is 0 Å². The van der Waals surface area contributed by atoms with E-state index in [0.717, 1.165) is 59.2 Å². The van der Waals surface area contributed by atoms with E-state index in [0.29, 0.717) is 5.75 Å². The number of likely N-dealkylation sites (tertiary alicyclic amines) is 1. The molecule has 1 aliphatic heterocycles. The zero-order valence-corrected chi connectivity index (χ0v) is 19.7. The molecule has 0 bridgehead atoms. The lowest BCUT2D eigenvalue weighted by molar-refractivity contribution is -0.126. The molecule has 34 heavy (non-hydrogen) atoms. The molecule has 0 atom stereocenters. The van der Waals surface area contributed by atoms with Crippen LogP contribution >= 0.6 is 0 Å². The minimum absolute atomic E-state index is 0.0725. The van der Waals surface area contributed by atoms with Crippen molar-refractivity contribution >= 4 is 22.4 Å². The van der Waals surface area contributed by atoms with Crippen LogP contribution in [0.5, 0.6) is 5.75 Å². The van der Waals surface area contributed by atoms with E-state index in [1.807, 2.05) is 36.1 Å². The lowest BCUT2D eigenvalue weighted by Crippen LogP contribution is -2.34. The quantitative estimate of drug-likeness (QED) is 0.302. The van der Waals surface area contributed by atoms with Gasteiger partial charge in [0.1, 0.15) is 11.3 Å². The predicted molar refractivity (Wildman–Crippen MR) is 138 cm³/mol. The van der Waals surface area contributed by atoms with Crippen LogP contribution in [0.3, 0.4) is 0 Å². The molecule has 0 spiro atoms. The molecule has 1 aliphatic rings. The van der Waals surface area contributed by atoms with Gasteiger partial charge in [0.15, 0.2) is 0 Å². The first-order valence-electron chi connectivity index (χ1n) is 11.9. The molecule has 0 aliphatic carbocycles. The van der Waals surface area contributed by atoms with Crippen molar-refractivity contribution in [3.8, 4) is 28.0 Å². The number of piperidine rings is 1. The van der Waals surface area contributed by atoms with Gasteiger partial charge in [0.05, 0.1) is 13.4 Å². The number of nitrogens with zero attached hydrogens (tertiary/aromatic N) is 1. The van der Waals surface area contributed by atoms with Crippen LogP contribution in [0.2, 0.25) is 0 Å². The Balaban J connectivity index is 1.50. The molecule has 4 nitrogen and oxygen atoms in total. The first kappa shape index (κ1) is 22.0. The van der Waals surface area contributed by atoms with Crippen molar-refractivity contribution in [3.63, 3.8) is 0 Å². The largest absolute Gasteiger partial charge is 0.496 e. The lowest BCUT2D eigenvalue weighted by Gasteiger charge is -2.25. The standard InChI is InChI=1S/C30H29NO3/c1-21(17-30(32)31-15-7-4-8-16-31)25-18-26-27(20-34-29(26)19-28(25)33-2)24-13-11-23(12-14-24)22-9-5-3-6-10-22/h3,5-6,9-14,17-20H,4,7-8,15-16H2,1-2H3/b21-17+. The summed E-state index contributed by atoms with van der Waals surface area (Å²) in [6.45, 7) is 3.65. The average molecular weight is 452 g/mol. The predicted octanol–water partition coefficient (Wildman–Crippen LogP) is 7.19. The molecule has 2 heterocycles. The number of carbonyl (C=O) groups is 1. The molecule has 3 aromatic carbocycles. The highest BCUT2D eigenvalue weighted by Crippen LogP contribution is 2.38. The lowest BCUT2D eigenvalue weighted by atomic mass is 9.97. The van der Waals surface area contributed by atoms with Crippen molar-refractivity contribution in [2.24, 2.45) is 0 Å². The van der Waals surface area contributed by atoms with Crippen molar-refractivity contribution in [3.05, 3.63) is 84.6 Å². The van der Waals surface area contributed by atoms with E-state index in [9.17, 15) is 4.79 Å². The van der Waals surface area contributed by atoms with Crippen molar-refractivity contribution < 1.29 is 13.9 Å². The zero-order chi connectivity index (χ0) is 23.5. The third-order valence-electron chi connectivity index (χ3n) is 6.63. The molecule has 1 amide bonds. The highest BCUT2D eigenvalue weighted by Gasteiger charge is 2.18. The summed E-state index contributed by atoms with van der Waals surface area (Å²) in [6, 6.07) is 22.9. The fraction of sp³-hybridized carbons (Fsp3) is 0.233. The molecule has 0 N–H and O–H groups in total. The molecule has 0 unspecified atom stereocenters. The first-order valence-corrected chi connectivity index (χ1v) is 11.9. The summed E-state index contributed by atoms with van der Waals surface area (Å²) in [7, 11) is 1.65. The number of benzene rings is 3. The van der Waals surface area contributed by atoms with Crippen LogP contribution in [0.1, 0.15) is 31.7 Å². The highest BCUT2D eigenvalue weighted by molar-refractivity contribution is 6.00. The van der Waals surface area contributed by atoms with E-state index >= 15 is 0 Å². The number of fused-ring (bicyclic) bond motifs is 1. The molecule has 1 aromatic heterocycles. The monoisotopic (exact) mass is 451 g/mol. The summed E-state index contributed by atoms with van der Waals surface area (Å²) >= 11 is 0. The molecule has 1 fully saturated rings. The van der Waals surface area contributed by atoms with E-state index < -0.39 is 0 Å². The Labute approximate surface area is 200 Å². The van der Waals surface area contributed by atoms with Gasteiger partial charge in [0.2, 0.25) is 5.91 Å². The van der Waals surface area contributed by atoms with Gasteiger partial charge in [-0.2, -0.15) is 0 Å². The molecule has 0 radical (unpaired) electrons. The SMILES string of the molecule is COc1cc2occ(-c3ccc(-c4ccccc4)cc3)c2cc1/C(C)=C/C(=O)N1CCCCC1. The Kier molecular flexibility index (Phi) is 6.22. The van der Waals surface area contributed by atoms with E-state index in [1.165, 1.54) is 17.5 Å². The maximum Gasteiger partial charge on any atom is 0.246 e. The third kappa shape index (κ3) is 4.36. The van der Waals surface area contributed by atoms with Crippen molar-refractivity contribution in [2.45, 2.75) is 26.2 Å². The fourth-order valence-corrected chi connectivity index (χ4v) is 4.70. The van der Waals surface area contributed by atoms with Gasteiger partial charge in [0.25, 0.3) is 0 Å². The fourth-order valence-electron chi connectivity index (χ4n) is 4.70. The summed E-state index contributed by atoms with van der Waals surface area (Å²) in [4.78, 5) is 14.8. The molecule has 1 saturated heterocycles. The Morgan fingerprint density at radius 1 is 0.912 bits per heavy atom. The Hall–Kier alpha value is -3.79. The number of carbonyl (C=O) groups excluding carboxylic acids is 1. The Morgan fingerprint density at radius 3 is 2.29 bits per heavy atom. The summed E-state index contributed by atoms with van der Waals surface area (Å²) in [6.07, 6.45) is 6.89. The van der Waals surface area contributed by atoms with Gasteiger partial charge in [-0.25, -0.2) is 0 Å². The van der Waals surface area contributed by atoms with Gasteiger partial charge < -0.3 is 14.1 Å². The maximum absolute atomic E-state index is 12.8. The number of allylic oxidation sites excluding steroid dienone is 1. The van der Waals surface area contributed by atoms with E-state index in [4.69, 9.17) is 9.15 Å². The third-order valence-corrected chi connectivity index (χ3v) is 6.63. The van der Waals surface area contributed by atoms with Crippen LogP contribution in [0.4, 0.5) is 0 Å². The number of hydrogen-bond acceptors (Lipinski definition) is 3. The number of ether oxygens (including phenoxy) is 1. The molecule has 0 saturated carbocycles. The second-order valence-corrected chi connectivity index (χ2v) is 8.85. The van der Waals surface area contributed by atoms with E-state index in [-0.39, 0.29) is 5.91 Å². The molecule has 4 aromatic rings. The number of amides is 1. The van der Waals surface area contributed by atoms with Crippen molar-refractivity contribution in [1.82, 2.24) is 4.90 Å². The molecular weight excluding hydrogens is 422 g/mol. The summed E-state index contributed by atoms with van der Waals surface area (Å²) in [5.74, 6) is 0.774. The summed E-state index contributed by atoms with van der Waals surface area (Å²) in [5.41, 5.74) is 7.03. The van der Waals surface area contributed by atoms with Crippen LogP contribution in [-0.4, -0.2) is 31.0 Å². The van der Waals surface area contributed by atoms with E-state index in [1.54, 1.807) is 19.4 Å². The molecule has 172 valence electrons. The van der Waals surface area contributed by atoms with Gasteiger partial charge in [-0.3, -0.25) is 4.79 Å². The second-order valence-electron chi connectivity index (χ2n) is 8.85. The summed E-state index contributed by atoms with van der Waals surface area (Å²) in [5, 5.41) is 1.00. The topological polar surface area (TPSA) is 42.7 Å². The first-order chi connectivity index (χ1) is 16.6. The van der Waals surface area contributed by atoms with Crippen LogP contribution in [0.25, 0.3) is 38.8 Å². The number of rotatable bonds is 5. The molecular formula is C30H29NO3. The van der Waals surface area contributed by atoms with Crippen LogP contribution in [0.15, 0.2) is 83.5 Å². The second kappa shape index (κ2) is 9.60. The van der Waals surface area contributed by atoms with Crippen LogP contribution in [0, 0.1) is 0 Å². The average Bonchev–Trinajstić information content (AvgIpc) is 3.32. The zero-order valence-electron chi connectivity index (χ0n) is 19.7. The Morgan fingerprint density at radius 2 is 1.59 bits per heavy atom. The van der Waals surface area contributed by atoms with Gasteiger partial charge in [-0.05, 0) is 54.5 Å². The molecule has 5 rings (SSSR count). The number of hydrogen-bond donors (Lipinski definition) is 0.